The van der Waals surface area contributed by atoms with Gasteiger partial charge in [0.15, 0.2) is 5.69 Å². The van der Waals surface area contributed by atoms with Crippen molar-refractivity contribution in [1.82, 2.24) is 24.9 Å². The highest BCUT2D eigenvalue weighted by molar-refractivity contribution is 5.94. The van der Waals surface area contributed by atoms with Crippen LogP contribution in [0.25, 0.3) is 16.6 Å². The van der Waals surface area contributed by atoms with Crippen LogP contribution in [0.5, 0.6) is 0 Å². The maximum absolute atomic E-state index is 12.8. The lowest BCUT2D eigenvalue weighted by atomic mass is 10.1. The number of amides is 1. The van der Waals surface area contributed by atoms with E-state index in [0.29, 0.717) is 24.5 Å². The number of hydrogen-bond acceptors (Lipinski definition) is 5. The number of carbonyl (C=O) groups is 1. The van der Waals surface area contributed by atoms with Crippen molar-refractivity contribution in [2.75, 3.05) is 19.7 Å². The summed E-state index contributed by atoms with van der Waals surface area (Å²) < 4.78 is 1.69. The summed E-state index contributed by atoms with van der Waals surface area (Å²) in [6, 6.07) is 9.66. The van der Waals surface area contributed by atoms with Crippen molar-refractivity contribution in [3.05, 3.63) is 47.9 Å². The lowest BCUT2D eigenvalue weighted by Crippen LogP contribution is -2.30. The van der Waals surface area contributed by atoms with Crippen LogP contribution in [0.1, 0.15) is 22.6 Å². The fourth-order valence-corrected chi connectivity index (χ4v) is 3.34. The predicted octanol–water partition coefficient (Wildman–Crippen LogP) is 1.58. The first-order chi connectivity index (χ1) is 12.2. The van der Waals surface area contributed by atoms with Crippen molar-refractivity contribution >= 4 is 16.8 Å². The summed E-state index contributed by atoms with van der Waals surface area (Å²) >= 11 is 0. The highest BCUT2D eigenvalue weighted by atomic mass is 16.3. The zero-order valence-electron chi connectivity index (χ0n) is 14.0. The van der Waals surface area contributed by atoms with Crippen molar-refractivity contribution in [1.29, 1.82) is 0 Å². The van der Waals surface area contributed by atoms with Gasteiger partial charge < -0.3 is 10.0 Å². The molecule has 1 unspecified atom stereocenters. The number of aliphatic hydroxyl groups excluding tert-OH is 1. The van der Waals surface area contributed by atoms with E-state index >= 15 is 0 Å². The fraction of sp³-hybridized carbons (Fsp3) is 0.333. The Kier molecular flexibility index (Phi) is 3.93. The van der Waals surface area contributed by atoms with E-state index in [9.17, 15) is 9.90 Å². The second kappa shape index (κ2) is 6.25. The van der Waals surface area contributed by atoms with Crippen LogP contribution in [0, 0.1) is 12.8 Å². The average Bonchev–Trinajstić information content (AvgIpc) is 3.27. The second-order valence-corrected chi connectivity index (χ2v) is 6.37. The first-order valence-corrected chi connectivity index (χ1v) is 8.35. The molecule has 1 atom stereocenters. The Bertz CT molecular complexity index is 931. The molecule has 2 aromatic heterocycles. The number of nitrogens with zero attached hydrogens (tertiary/aromatic N) is 5. The third-order valence-corrected chi connectivity index (χ3v) is 4.78. The molecular formula is C18H19N5O2. The minimum absolute atomic E-state index is 0.110. The van der Waals surface area contributed by atoms with E-state index in [1.54, 1.807) is 15.8 Å². The number of carbonyl (C=O) groups excluding carboxylic acids is 1. The van der Waals surface area contributed by atoms with E-state index in [4.69, 9.17) is 0 Å². The van der Waals surface area contributed by atoms with E-state index in [-0.39, 0.29) is 18.4 Å². The van der Waals surface area contributed by atoms with Gasteiger partial charge in [-0.1, -0.05) is 11.3 Å². The van der Waals surface area contributed by atoms with Crippen LogP contribution in [0.3, 0.4) is 0 Å². The lowest BCUT2D eigenvalue weighted by Gasteiger charge is -2.15. The maximum atomic E-state index is 12.8. The number of aliphatic hydroxyl groups is 1. The van der Waals surface area contributed by atoms with Crippen molar-refractivity contribution in [2.45, 2.75) is 13.3 Å². The number of pyridine rings is 1. The predicted molar refractivity (Wildman–Crippen MR) is 92.5 cm³/mol. The highest BCUT2D eigenvalue weighted by Gasteiger charge is 2.29. The first kappa shape index (κ1) is 15.7. The summed E-state index contributed by atoms with van der Waals surface area (Å²) in [5.41, 5.74) is 2.78. The number of rotatable bonds is 3. The summed E-state index contributed by atoms with van der Waals surface area (Å²) in [6.07, 6.45) is 2.57. The van der Waals surface area contributed by atoms with E-state index in [2.05, 4.69) is 15.3 Å². The summed E-state index contributed by atoms with van der Waals surface area (Å²) in [4.78, 5) is 18.9. The molecule has 4 rings (SSSR count). The van der Waals surface area contributed by atoms with Gasteiger partial charge in [-0.2, -0.15) is 0 Å². The van der Waals surface area contributed by atoms with Crippen LogP contribution in [-0.4, -0.2) is 55.6 Å². The molecule has 1 fully saturated rings. The zero-order valence-corrected chi connectivity index (χ0v) is 14.0. The molecule has 25 heavy (non-hydrogen) atoms. The molecule has 0 saturated carbocycles. The number of likely N-dealkylation sites (tertiary alicyclic amines) is 1. The SMILES string of the molecule is Cc1c(C(=O)N2CCC(CO)C2)nnn1-c1cccc2ncccc12. The second-order valence-electron chi connectivity index (χ2n) is 6.37. The smallest absolute Gasteiger partial charge is 0.276 e. The Morgan fingerprint density at radius 1 is 1.32 bits per heavy atom. The van der Waals surface area contributed by atoms with Gasteiger partial charge in [0, 0.05) is 37.2 Å². The molecule has 7 nitrogen and oxygen atoms in total. The summed E-state index contributed by atoms with van der Waals surface area (Å²) in [7, 11) is 0. The zero-order chi connectivity index (χ0) is 17.4. The fourth-order valence-electron chi connectivity index (χ4n) is 3.34. The molecule has 0 radical (unpaired) electrons. The van der Waals surface area contributed by atoms with Gasteiger partial charge in [0.25, 0.3) is 5.91 Å². The Balaban J connectivity index is 1.71. The summed E-state index contributed by atoms with van der Waals surface area (Å²) in [5.74, 6) is 0.0292. The van der Waals surface area contributed by atoms with E-state index in [1.807, 2.05) is 37.3 Å². The minimum atomic E-state index is -0.127. The first-order valence-electron chi connectivity index (χ1n) is 8.35. The number of fused-ring (bicyclic) bond motifs is 1. The normalized spacial score (nSPS) is 17.4. The monoisotopic (exact) mass is 337 g/mol. The molecule has 1 N–H and O–H groups in total. The van der Waals surface area contributed by atoms with Crippen molar-refractivity contribution in [2.24, 2.45) is 5.92 Å². The van der Waals surface area contributed by atoms with Crippen LogP contribution in [0.2, 0.25) is 0 Å². The van der Waals surface area contributed by atoms with Gasteiger partial charge in [0.1, 0.15) is 0 Å². The molecule has 1 amide bonds. The molecule has 0 spiro atoms. The number of benzene rings is 1. The molecule has 1 saturated heterocycles. The van der Waals surface area contributed by atoms with Gasteiger partial charge in [-0.3, -0.25) is 9.78 Å². The van der Waals surface area contributed by atoms with Crippen LogP contribution in [0.15, 0.2) is 36.5 Å². The summed E-state index contributed by atoms with van der Waals surface area (Å²) in [6.45, 7) is 3.18. The number of aromatic nitrogens is 4. The Morgan fingerprint density at radius 2 is 2.20 bits per heavy atom. The topological polar surface area (TPSA) is 84.1 Å². The molecular weight excluding hydrogens is 318 g/mol. The van der Waals surface area contributed by atoms with Crippen LogP contribution < -0.4 is 0 Å². The van der Waals surface area contributed by atoms with Gasteiger partial charge in [-0.25, -0.2) is 4.68 Å². The average molecular weight is 337 g/mol. The van der Waals surface area contributed by atoms with E-state index < -0.39 is 0 Å². The van der Waals surface area contributed by atoms with Crippen LogP contribution >= 0.6 is 0 Å². The van der Waals surface area contributed by atoms with Crippen molar-refractivity contribution in [3.63, 3.8) is 0 Å². The van der Waals surface area contributed by atoms with E-state index in [1.165, 1.54) is 0 Å². The minimum Gasteiger partial charge on any atom is -0.396 e. The van der Waals surface area contributed by atoms with Gasteiger partial charge in [0.2, 0.25) is 0 Å². The maximum Gasteiger partial charge on any atom is 0.276 e. The van der Waals surface area contributed by atoms with Gasteiger partial charge in [0.05, 0.1) is 16.9 Å². The Labute approximate surface area is 144 Å². The van der Waals surface area contributed by atoms with Gasteiger partial charge in [-0.15, -0.1) is 5.10 Å². The van der Waals surface area contributed by atoms with Crippen molar-refractivity contribution < 1.29 is 9.90 Å². The van der Waals surface area contributed by atoms with Crippen molar-refractivity contribution in [3.8, 4) is 5.69 Å². The van der Waals surface area contributed by atoms with Gasteiger partial charge in [-0.05, 0) is 37.6 Å². The Hall–Kier alpha value is -2.80. The molecule has 1 aromatic carbocycles. The quantitative estimate of drug-likeness (QED) is 0.784. The molecule has 0 bridgehead atoms. The molecule has 128 valence electrons. The third-order valence-electron chi connectivity index (χ3n) is 4.78. The molecule has 0 aliphatic carbocycles. The largest absolute Gasteiger partial charge is 0.396 e. The molecule has 1 aliphatic rings. The molecule has 3 aromatic rings. The Morgan fingerprint density at radius 3 is 3.00 bits per heavy atom. The van der Waals surface area contributed by atoms with Crippen LogP contribution in [-0.2, 0) is 0 Å². The van der Waals surface area contributed by atoms with E-state index in [0.717, 1.165) is 23.0 Å². The highest BCUT2D eigenvalue weighted by Crippen LogP contribution is 2.23. The molecule has 7 heteroatoms. The third kappa shape index (κ3) is 2.66. The summed E-state index contributed by atoms with van der Waals surface area (Å²) in [5, 5.41) is 18.6. The lowest BCUT2D eigenvalue weighted by molar-refractivity contribution is 0.0775. The standard InChI is InChI=1S/C18H19N5O2/c1-12-17(18(25)22-9-7-13(10-22)11-24)20-21-23(12)16-6-2-5-15-14(16)4-3-8-19-15/h2-6,8,13,24H,7,9-11H2,1H3. The van der Waals surface area contributed by atoms with Crippen LogP contribution in [0.4, 0.5) is 0 Å². The molecule has 1 aliphatic heterocycles. The van der Waals surface area contributed by atoms with Gasteiger partial charge >= 0.3 is 0 Å². The number of hydrogen-bond donors (Lipinski definition) is 1. The molecule has 3 heterocycles.